The fourth-order valence-corrected chi connectivity index (χ4v) is 2.66. The first-order valence-electron chi connectivity index (χ1n) is 9.09. The van der Waals surface area contributed by atoms with Crippen molar-refractivity contribution in [2.45, 2.75) is 52.0 Å². The fourth-order valence-electron chi connectivity index (χ4n) is 2.66. The predicted molar refractivity (Wildman–Crippen MR) is 99.2 cm³/mol. The van der Waals surface area contributed by atoms with Crippen LogP contribution < -0.4 is 5.32 Å². The quantitative estimate of drug-likeness (QED) is 0.656. The van der Waals surface area contributed by atoms with E-state index in [1.807, 2.05) is 45.0 Å². The first-order valence-corrected chi connectivity index (χ1v) is 9.09. The summed E-state index contributed by atoms with van der Waals surface area (Å²) in [6.45, 7) is 6.00. The van der Waals surface area contributed by atoms with E-state index < -0.39 is 0 Å². The molecule has 27 heavy (non-hydrogen) atoms. The zero-order valence-electron chi connectivity index (χ0n) is 15.8. The van der Waals surface area contributed by atoms with E-state index >= 15 is 0 Å². The maximum atomic E-state index is 12.2. The van der Waals surface area contributed by atoms with E-state index in [1.165, 1.54) is 6.33 Å². The van der Waals surface area contributed by atoms with Crippen LogP contribution in [0.1, 0.15) is 62.9 Å². The molecule has 1 N–H and O–H groups in total. The van der Waals surface area contributed by atoms with Gasteiger partial charge in [-0.1, -0.05) is 31.1 Å². The van der Waals surface area contributed by atoms with Crippen LogP contribution >= 0.6 is 0 Å². The van der Waals surface area contributed by atoms with E-state index in [0.717, 1.165) is 11.3 Å². The molecule has 2 aromatic heterocycles. The third-order valence-corrected chi connectivity index (χ3v) is 4.25. The van der Waals surface area contributed by atoms with Gasteiger partial charge >= 0.3 is 0 Å². The Morgan fingerprint density at radius 3 is 2.63 bits per heavy atom. The molecule has 1 amide bonds. The minimum Gasteiger partial charge on any atom is -0.350 e. The highest BCUT2D eigenvalue weighted by Gasteiger charge is 2.12. The highest BCUT2D eigenvalue weighted by atomic mass is 16.5. The minimum atomic E-state index is -0.0711. The Labute approximate surface area is 158 Å². The van der Waals surface area contributed by atoms with Crippen molar-refractivity contribution in [3.63, 3.8) is 0 Å². The summed E-state index contributed by atoms with van der Waals surface area (Å²) in [7, 11) is 0. The van der Waals surface area contributed by atoms with Gasteiger partial charge in [0.25, 0.3) is 0 Å². The van der Waals surface area contributed by atoms with Gasteiger partial charge in [-0.05, 0) is 31.0 Å². The lowest BCUT2D eigenvalue weighted by Gasteiger charge is -2.14. The van der Waals surface area contributed by atoms with Gasteiger partial charge in [0.2, 0.25) is 11.8 Å². The van der Waals surface area contributed by atoms with Crippen LogP contribution in [-0.2, 0) is 11.2 Å². The zero-order valence-corrected chi connectivity index (χ0v) is 15.8. The van der Waals surface area contributed by atoms with Crippen LogP contribution in [0.25, 0.3) is 5.69 Å². The average Bonchev–Trinajstić information content (AvgIpc) is 3.34. The van der Waals surface area contributed by atoms with Crippen LogP contribution in [-0.4, -0.2) is 30.8 Å². The highest BCUT2D eigenvalue weighted by molar-refractivity contribution is 5.76. The lowest BCUT2D eigenvalue weighted by Crippen LogP contribution is -2.26. The van der Waals surface area contributed by atoms with Crippen LogP contribution in [0.5, 0.6) is 0 Å². The van der Waals surface area contributed by atoms with Crippen molar-refractivity contribution in [2.24, 2.45) is 0 Å². The summed E-state index contributed by atoms with van der Waals surface area (Å²) in [5, 5.41) is 11.0. The van der Waals surface area contributed by atoms with Gasteiger partial charge in [0, 0.05) is 18.8 Å². The van der Waals surface area contributed by atoms with Crippen LogP contribution in [0.4, 0.5) is 0 Å². The highest BCUT2D eigenvalue weighted by Crippen LogP contribution is 2.16. The molecule has 1 atom stereocenters. The van der Waals surface area contributed by atoms with Gasteiger partial charge in [0.15, 0.2) is 5.82 Å². The molecule has 0 fully saturated rings. The maximum Gasteiger partial charge on any atom is 0.226 e. The van der Waals surface area contributed by atoms with Gasteiger partial charge in [-0.15, -0.1) is 0 Å². The molecule has 8 heteroatoms. The fraction of sp³-hybridized carbons (Fsp3) is 0.421. The molecule has 0 aliphatic carbocycles. The maximum absolute atomic E-state index is 12.2. The van der Waals surface area contributed by atoms with E-state index in [0.29, 0.717) is 31.0 Å². The second-order valence-electron chi connectivity index (χ2n) is 6.78. The number of carbonyl (C=O) groups is 1. The summed E-state index contributed by atoms with van der Waals surface area (Å²) in [5.41, 5.74) is 1.96. The topological polar surface area (TPSA) is 98.7 Å². The average molecular weight is 368 g/mol. The van der Waals surface area contributed by atoms with Gasteiger partial charge in [-0.2, -0.15) is 10.1 Å². The summed E-state index contributed by atoms with van der Waals surface area (Å²) < 4.78 is 6.89. The van der Waals surface area contributed by atoms with Gasteiger partial charge in [-0.3, -0.25) is 4.79 Å². The van der Waals surface area contributed by atoms with Gasteiger partial charge in [0.05, 0.1) is 11.7 Å². The van der Waals surface area contributed by atoms with E-state index in [2.05, 4.69) is 25.5 Å². The molecule has 3 rings (SSSR count). The van der Waals surface area contributed by atoms with Crippen LogP contribution in [0.2, 0.25) is 0 Å². The molecule has 2 heterocycles. The van der Waals surface area contributed by atoms with Crippen molar-refractivity contribution >= 4 is 5.91 Å². The van der Waals surface area contributed by atoms with Crippen molar-refractivity contribution in [1.82, 2.24) is 30.2 Å². The molecule has 3 aromatic rings. The summed E-state index contributed by atoms with van der Waals surface area (Å²) in [4.78, 5) is 20.4. The van der Waals surface area contributed by atoms with E-state index in [-0.39, 0.29) is 17.9 Å². The van der Waals surface area contributed by atoms with Crippen molar-refractivity contribution in [3.8, 4) is 5.69 Å². The molecule has 8 nitrogen and oxygen atoms in total. The molecule has 0 saturated carbocycles. The summed E-state index contributed by atoms with van der Waals surface area (Å²) in [6.07, 6.45) is 4.83. The molecule has 0 saturated heterocycles. The standard InChI is InChI=1S/C19H24N6O2/c1-13(2)19-23-18(27-24-19)6-4-5-17(26)22-14(3)15-7-9-16(10-8-15)25-12-20-11-21-25/h7-14H,4-6H2,1-3H3,(H,22,26). The minimum absolute atomic E-state index is 0.00597. The monoisotopic (exact) mass is 368 g/mol. The summed E-state index contributed by atoms with van der Waals surface area (Å²) in [5.74, 6) is 1.54. The number of hydrogen-bond acceptors (Lipinski definition) is 6. The molecule has 0 aliphatic rings. The van der Waals surface area contributed by atoms with Gasteiger partial charge in [-0.25, -0.2) is 9.67 Å². The Morgan fingerprint density at radius 2 is 2.00 bits per heavy atom. The van der Waals surface area contributed by atoms with Crippen LogP contribution in [0.3, 0.4) is 0 Å². The molecule has 0 bridgehead atoms. The number of carbonyl (C=O) groups excluding carboxylic acids is 1. The third-order valence-electron chi connectivity index (χ3n) is 4.25. The molecular formula is C19H24N6O2. The van der Waals surface area contributed by atoms with E-state index in [1.54, 1.807) is 11.0 Å². The first kappa shape index (κ1) is 18.8. The van der Waals surface area contributed by atoms with E-state index in [4.69, 9.17) is 4.52 Å². The number of aryl methyl sites for hydroxylation is 1. The predicted octanol–water partition coefficient (Wildman–Crippen LogP) is 2.97. The molecule has 1 aromatic carbocycles. The van der Waals surface area contributed by atoms with Crippen LogP contribution in [0, 0.1) is 0 Å². The number of amides is 1. The normalized spacial score (nSPS) is 12.3. The van der Waals surface area contributed by atoms with Gasteiger partial charge < -0.3 is 9.84 Å². The number of nitrogens with zero attached hydrogens (tertiary/aromatic N) is 5. The number of hydrogen-bond donors (Lipinski definition) is 1. The Kier molecular flexibility index (Phi) is 5.95. The lowest BCUT2D eigenvalue weighted by atomic mass is 10.1. The lowest BCUT2D eigenvalue weighted by molar-refractivity contribution is -0.121. The summed E-state index contributed by atoms with van der Waals surface area (Å²) >= 11 is 0. The Morgan fingerprint density at radius 1 is 1.22 bits per heavy atom. The van der Waals surface area contributed by atoms with Crippen molar-refractivity contribution in [2.75, 3.05) is 0 Å². The molecule has 1 unspecified atom stereocenters. The Hall–Kier alpha value is -3.03. The number of rotatable bonds is 8. The Bertz CT molecular complexity index is 855. The van der Waals surface area contributed by atoms with E-state index in [9.17, 15) is 4.79 Å². The smallest absolute Gasteiger partial charge is 0.226 e. The number of nitrogens with one attached hydrogen (secondary N) is 1. The second-order valence-corrected chi connectivity index (χ2v) is 6.78. The molecule has 0 spiro atoms. The second kappa shape index (κ2) is 8.57. The Balaban J connectivity index is 1.45. The first-order chi connectivity index (χ1) is 13.0. The summed E-state index contributed by atoms with van der Waals surface area (Å²) in [6, 6.07) is 7.79. The van der Waals surface area contributed by atoms with Crippen molar-refractivity contribution < 1.29 is 9.32 Å². The molecular weight excluding hydrogens is 344 g/mol. The van der Waals surface area contributed by atoms with Gasteiger partial charge in [0.1, 0.15) is 12.7 Å². The van der Waals surface area contributed by atoms with Crippen molar-refractivity contribution in [1.29, 1.82) is 0 Å². The molecule has 0 radical (unpaired) electrons. The molecule has 142 valence electrons. The zero-order chi connectivity index (χ0) is 19.2. The number of aromatic nitrogens is 5. The third kappa shape index (κ3) is 4.99. The molecule has 0 aliphatic heterocycles. The number of benzene rings is 1. The SMILES string of the molecule is CC(C)c1noc(CCCC(=O)NC(C)c2ccc(-n3cncn3)cc2)n1. The van der Waals surface area contributed by atoms with Crippen LogP contribution in [0.15, 0.2) is 41.4 Å². The largest absolute Gasteiger partial charge is 0.350 e. The van der Waals surface area contributed by atoms with Crippen molar-refractivity contribution in [3.05, 3.63) is 54.2 Å².